The van der Waals surface area contributed by atoms with Gasteiger partial charge in [-0.25, -0.2) is 0 Å². The third-order valence-corrected chi connectivity index (χ3v) is 3.60. The molecule has 0 aromatic rings. The van der Waals surface area contributed by atoms with E-state index in [0.717, 1.165) is 0 Å². The number of ether oxygens (including phenoxy) is 4. The molecular weight excluding hydrogens is 224 g/mol. The molecule has 0 bridgehead atoms. The Balaban J connectivity index is 1.66. The summed E-state index contributed by atoms with van der Waals surface area (Å²) in [6.45, 7) is 5.79. The highest BCUT2D eigenvalue weighted by atomic mass is 16.8. The maximum absolute atomic E-state index is 11.1. The van der Waals surface area contributed by atoms with Crippen molar-refractivity contribution in [1.29, 1.82) is 0 Å². The predicted molar refractivity (Wildman–Crippen MR) is 57.3 cm³/mol. The number of fused-ring (bicyclic) bond motifs is 1. The van der Waals surface area contributed by atoms with Crippen LogP contribution in [0.25, 0.3) is 0 Å². The Morgan fingerprint density at radius 3 is 2.53 bits per heavy atom. The van der Waals surface area contributed by atoms with Gasteiger partial charge in [0.1, 0.15) is 18.3 Å². The van der Waals surface area contributed by atoms with Gasteiger partial charge in [-0.15, -0.1) is 0 Å². The quantitative estimate of drug-likeness (QED) is 0.642. The van der Waals surface area contributed by atoms with E-state index >= 15 is 0 Å². The lowest BCUT2D eigenvalue weighted by Gasteiger charge is -2.21. The SMILES string of the molecule is C[C@H]1OC(C)(C)O[C@H]1C1C[C@@H]2OC(=O)C[C@@H]2O1. The summed E-state index contributed by atoms with van der Waals surface area (Å²) in [5.41, 5.74) is 0. The van der Waals surface area contributed by atoms with Crippen LogP contribution in [-0.2, 0) is 23.7 Å². The van der Waals surface area contributed by atoms with E-state index in [1.807, 2.05) is 20.8 Å². The zero-order chi connectivity index (χ0) is 12.2. The maximum Gasteiger partial charge on any atom is 0.308 e. The molecule has 3 heterocycles. The molecule has 0 radical (unpaired) electrons. The molecule has 0 aromatic carbocycles. The average molecular weight is 242 g/mol. The summed E-state index contributed by atoms with van der Waals surface area (Å²) in [6, 6.07) is 0. The van der Waals surface area contributed by atoms with Crippen LogP contribution in [0.1, 0.15) is 33.6 Å². The first kappa shape index (κ1) is 11.4. The van der Waals surface area contributed by atoms with Crippen molar-refractivity contribution in [3.05, 3.63) is 0 Å². The lowest BCUT2D eigenvalue weighted by Crippen LogP contribution is -2.34. The second kappa shape index (κ2) is 3.67. The van der Waals surface area contributed by atoms with E-state index in [4.69, 9.17) is 18.9 Å². The zero-order valence-corrected chi connectivity index (χ0v) is 10.3. The summed E-state index contributed by atoms with van der Waals surface area (Å²) in [4.78, 5) is 11.1. The number of hydrogen-bond donors (Lipinski definition) is 0. The van der Waals surface area contributed by atoms with Crippen LogP contribution < -0.4 is 0 Å². The van der Waals surface area contributed by atoms with Gasteiger partial charge in [0.2, 0.25) is 0 Å². The fraction of sp³-hybridized carbons (Fsp3) is 0.917. The summed E-state index contributed by atoms with van der Waals surface area (Å²) in [7, 11) is 0. The van der Waals surface area contributed by atoms with Gasteiger partial charge in [0.05, 0.1) is 18.6 Å². The maximum atomic E-state index is 11.1. The normalized spacial score (nSPS) is 48.2. The molecule has 0 spiro atoms. The summed E-state index contributed by atoms with van der Waals surface area (Å²) < 4.78 is 22.6. The summed E-state index contributed by atoms with van der Waals surface area (Å²) in [6.07, 6.45) is 0.796. The summed E-state index contributed by atoms with van der Waals surface area (Å²) >= 11 is 0. The van der Waals surface area contributed by atoms with Crippen LogP contribution >= 0.6 is 0 Å². The first-order valence-electron chi connectivity index (χ1n) is 6.15. The van der Waals surface area contributed by atoms with E-state index in [9.17, 15) is 4.79 Å². The molecule has 96 valence electrons. The minimum Gasteiger partial charge on any atom is -0.459 e. The van der Waals surface area contributed by atoms with E-state index in [-0.39, 0.29) is 36.5 Å². The first-order chi connectivity index (χ1) is 7.94. The fourth-order valence-electron chi connectivity index (χ4n) is 2.99. The van der Waals surface area contributed by atoms with Crippen molar-refractivity contribution < 1.29 is 23.7 Å². The van der Waals surface area contributed by atoms with Gasteiger partial charge in [0.25, 0.3) is 0 Å². The molecule has 3 rings (SSSR count). The fourth-order valence-corrected chi connectivity index (χ4v) is 2.99. The number of esters is 1. The molecule has 5 nitrogen and oxygen atoms in total. The van der Waals surface area contributed by atoms with Gasteiger partial charge in [-0.2, -0.15) is 0 Å². The second-order valence-electron chi connectivity index (χ2n) is 5.49. The van der Waals surface area contributed by atoms with Crippen molar-refractivity contribution in [2.75, 3.05) is 0 Å². The minimum absolute atomic E-state index is 0.00419. The van der Waals surface area contributed by atoms with Gasteiger partial charge in [-0.05, 0) is 20.8 Å². The van der Waals surface area contributed by atoms with E-state index < -0.39 is 5.79 Å². The standard InChI is InChI=1S/C12H18O5/c1-6-11(17-12(2,3)16-6)9-4-7-8(14-9)5-10(13)15-7/h6-9,11H,4-5H2,1-3H3/t6-,7+,8+,9?,11-/m1/s1. The average Bonchev–Trinajstić information content (AvgIpc) is 2.76. The largest absolute Gasteiger partial charge is 0.459 e. The number of hydrogen-bond acceptors (Lipinski definition) is 5. The van der Waals surface area contributed by atoms with Crippen LogP contribution in [-0.4, -0.2) is 42.3 Å². The monoisotopic (exact) mass is 242 g/mol. The van der Waals surface area contributed by atoms with Gasteiger partial charge in [0.15, 0.2) is 5.79 Å². The minimum atomic E-state index is -0.554. The lowest BCUT2D eigenvalue weighted by molar-refractivity contribution is -0.158. The van der Waals surface area contributed by atoms with E-state index in [0.29, 0.717) is 12.8 Å². The molecule has 17 heavy (non-hydrogen) atoms. The topological polar surface area (TPSA) is 54.0 Å². The first-order valence-corrected chi connectivity index (χ1v) is 6.15. The van der Waals surface area contributed by atoms with Gasteiger partial charge < -0.3 is 18.9 Å². The Kier molecular flexibility index (Phi) is 2.47. The Bertz CT molecular complexity index is 324. The van der Waals surface area contributed by atoms with Crippen molar-refractivity contribution in [2.24, 2.45) is 0 Å². The molecule has 1 unspecified atom stereocenters. The molecule has 5 atom stereocenters. The van der Waals surface area contributed by atoms with Crippen molar-refractivity contribution in [2.45, 2.75) is 69.9 Å². The van der Waals surface area contributed by atoms with Gasteiger partial charge in [-0.3, -0.25) is 4.79 Å². The van der Waals surface area contributed by atoms with Crippen molar-refractivity contribution in [1.82, 2.24) is 0 Å². The molecule has 3 saturated heterocycles. The molecule has 3 aliphatic rings. The van der Waals surface area contributed by atoms with Crippen molar-refractivity contribution >= 4 is 5.97 Å². The number of carbonyl (C=O) groups is 1. The lowest BCUT2D eigenvalue weighted by atomic mass is 10.0. The van der Waals surface area contributed by atoms with E-state index in [2.05, 4.69) is 0 Å². The molecule has 5 heteroatoms. The van der Waals surface area contributed by atoms with Crippen LogP contribution in [0.4, 0.5) is 0 Å². The van der Waals surface area contributed by atoms with Crippen LogP contribution in [0, 0.1) is 0 Å². The van der Waals surface area contributed by atoms with Gasteiger partial charge in [0, 0.05) is 6.42 Å². The molecule has 0 N–H and O–H groups in total. The van der Waals surface area contributed by atoms with Gasteiger partial charge in [-0.1, -0.05) is 0 Å². The Labute approximate surface area is 100 Å². The smallest absolute Gasteiger partial charge is 0.308 e. The van der Waals surface area contributed by atoms with Crippen LogP contribution in [0.5, 0.6) is 0 Å². The molecule has 3 aliphatic heterocycles. The van der Waals surface area contributed by atoms with Crippen LogP contribution in [0.15, 0.2) is 0 Å². The molecular formula is C12H18O5. The predicted octanol–water partition coefficient (Wildman–Crippen LogP) is 0.999. The highest BCUT2D eigenvalue weighted by molar-refractivity contribution is 5.72. The van der Waals surface area contributed by atoms with E-state index in [1.54, 1.807) is 0 Å². The molecule has 0 aliphatic carbocycles. The van der Waals surface area contributed by atoms with Crippen LogP contribution in [0.2, 0.25) is 0 Å². The number of carbonyl (C=O) groups excluding carboxylic acids is 1. The van der Waals surface area contributed by atoms with Crippen molar-refractivity contribution in [3.8, 4) is 0 Å². The third-order valence-electron chi connectivity index (χ3n) is 3.60. The van der Waals surface area contributed by atoms with Crippen molar-refractivity contribution in [3.63, 3.8) is 0 Å². The Morgan fingerprint density at radius 2 is 1.94 bits per heavy atom. The number of rotatable bonds is 1. The van der Waals surface area contributed by atoms with E-state index in [1.165, 1.54) is 0 Å². The third kappa shape index (κ3) is 1.96. The Hall–Kier alpha value is -0.650. The molecule has 0 amide bonds. The molecule has 0 aromatic heterocycles. The van der Waals surface area contributed by atoms with Gasteiger partial charge >= 0.3 is 5.97 Å². The molecule has 0 saturated carbocycles. The Morgan fingerprint density at radius 1 is 1.18 bits per heavy atom. The molecule has 3 fully saturated rings. The zero-order valence-electron chi connectivity index (χ0n) is 10.3. The second-order valence-corrected chi connectivity index (χ2v) is 5.49. The summed E-state index contributed by atoms with van der Waals surface area (Å²) in [5.74, 6) is -0.711. The highest BCUT2D eigenvalue weighted by Crippen LogP contribution is 2.38. The van der Waals surface area contributed by atoms with Crippen LogP contribution in [0.3, 0.4) is 0 Å². The highest BCUT2D eigenvalue weighted by Gasteiger charge is 2.51. The summed E-state index contributed by atoms with van der Waals surface area (Å²) in [5, 5.41) is 0.